The monoisotopic (exact) mass is 267 g/mol. The first-order chi connectivity index (χ1) is 9.86. The van der Waals surface area contributed by atoms with Gasteiger partial charge in [0.15, 0.2) is 0 Å². The summed E-state index contributed by atoms with van der Waals surface area (Å²) in [4.78, 5) is 4.29. The Labute approximate surface area is 117 Å². The number of fused-ring (bicyclic) bond motifs is 1. The van der Waals surface area contributed by atoms with E-state index < -0.39 is 0 Å². The zero-order chi connectivity index (χ0) is 13.5. The molecule has 1 aliphatic rings. The van der Waals surface area contributed by atoms with Crippen LogP contribution in [0.3, 0.4) is 0 Å². The van der Waals surface area contributed by atoms with Gasteiger partial charge in [-0.25, -0.2) is 4.98 Å². The summed E-state index contributed by atoms with van der Waals surface area (Å²) in [6, 6.07) is 8.82. The lowest BCUT2D eigenvalue weighted by molar-refractivity contribution is 0.283. The molecule has 3 aromatic rings. The first-order valence-corrected chi connectivity index (χ1v) is 7.05. The minimum atomic E-state index is 0.0847. The van der Waals surface area contributed by atoms with Gasteiger partial charge in [0.25, 0.3) is 0 Å². The molecule has 0 atom stereocenters. The van der Waals surface area contributed by atoms with Crippen molar-refractivity contribution in [2.45, 2.75) is 32.0 Å². The highest BCUT2D eigenvalue weighted by molar-refractivity contribution is 5.83. The number of benzene rings is 1. The normalized spacial score (nSPS) is 15.1. The van der Waals surface area contributed by atoms with Gasteiger partial charge in [-0.05, 0) is 30.5 Å². The maximum atomic E-state index is 9.40. The maximum absolute atomic E-state index is 9.40. The lowest BCUT2D eigenvalue weighted by atomic mass is 10.1. The van der Waals surface area contributed by atoms with E-state index in [0.717, 1.165) is 17.5 Å². The van der Waals surface area contributed by atoms with Crippen LogP contribution < -0.4 is 0 Å². The summed E-state index contributed by atoms with van der Waals surface area (Å²) in [5.74, 6) is 0. The fourth-order valence-corrected chi connectivity index (χ4v) is 2.87. The average molecular weight is 267 g/mol. The predicted octanol–water partition coefficient (Wildman–Crippen LogP) is 2.71. The summed E-state index contributed by atoms with van der Waals surface area (Å²) in [5.41, 5.74) is 3.40. The van der Waals surface area contributed by atoms with E-state index in [1.54, 1.807) is 0 Å². The Morgan fingerprint density at radius 2 is 2.15 bits per heavy atom. The van der Waals surface area contributed by atoms with E-state index in [1.807, 2.05) is 24.7 Å². The molecule has 1 saturated carbocycles. The number of nitrogens with zero attached hydrogens (tertiary/aromatic N) is 3. The Kier molecular flexibility index (Phi) is 2.63. The van der Waals surface area contributed by atoms with Gasteiger partial charge in [0.1, 0.15) is 0 Å². The maximum Gasteiger partial charge on any atom is 0.0951 e. The van der Waals surface area contributed by atoms with Gasteiger partial charge in [0.2, 0.25) is 0 Å². The number of hydrogen-bond donors (Lipinski definition) is 1. The van der Waals surface area contributed by atoms with Crippen molar-refractivity contribution in [3.63, 3.8) is 0 Å². The molecule has 0 spiro atoms. The third-order valence-corrected chi connectivity index (χ3v) is 4.09. The smallest absolute Gasteiger partial charge is 0.0951 e. The van der Waals surface area contributed by atoms with Crippen LogP contribution in [-0.4, -0.2) is 19.2 Å². The number of imidazole rings is 1. The van der Waals surface area contributed by atoms with E-state index >= 15 is 0 Å². The fourth-order valence-electron chi connectivity index (χ4n) is 2.87. The number of aliphatic hydroxyl groups excluding tert-OH is 1. The highest BCUT2D eigenvalue weighted by atomic mass is 16.3. The molecular formula is C16H17N3O. The minimum absolute atomic E-state index is 0.0847. The first kappa shape index (κ1) is 11.7. The molecule has 4 heteroatoms. The highest BCUT2D eigenvalue weighted by Crippen LogP contribution is 2.36. The molecule has 4 rings (SSSR count). The molecule has 1 N–H and O–H groups in total. The van der Waals surface area contributed by atoms with E-state index in [1.165, 1.54) is 24.1 Å². The minimum Gasteiger partial charge on any atom is -0.392 e. The molecule has 0 saturated heterocycles. The van der Waals surface area contributed by atoms with Crippen molar-refractivity contribution in [3.8, 4) is 0 Å². The standard InChI is InChI=1S/C16H17N3O/c20-10-12-2-1-3-16-15(12)6-7-18(16)9-14-8-17-11-19(14)13-4-5-13/h1-3,6-8,11,13,20H,4-5,9-10H2. The SMILES string of the molecule is OCc1cccc2c1ccn2Cc1cncn1C1CC1. The van der Waals surface area contributed by atoms with Gasteiger partial charge < -0.3 is 14.2 Å². The van der Waals surface area contributed by atoms with Crippen molar-refractivity contribution < 1.29 is 5.11 Å². The molecular weight excluding hydrogens is 250 g/mol. The molecule has 102 valence electrons. The summed E-state index contributed by atoms with van der Waals surface area (Å²) in [6.45, 7) is 0.913. The molecule has 4 nitrogen and oxygen atoms in total. The van der Waals surface area contributed by atoms with Crippen LogP contribution in [0.4, 0.5) is 0 Å². The van der Waals surface area contributed by atoms with Crippen molar-refractivity contribution >= 4 is 10.9 Å². The lowest BCUT2D eigenvalue weighted by Gasteiger charge is -2.09. The van der Waals surface area contributed by atoms with Gasteiger partial charge in [0.05, 0.1) is 25.2 Å². The van der Waals surface area contributed by atoms with Crippen LogP contribution in [0.1, 0.15) is 30.1 Å². The number of rotatable bonds is 4. The summed E-state index contributed by atoms with van der Waals surface area (Å²) in [7, 11) is 0. The summed E-state index contributed by atoms with van der Waals surface area (Å²) in [5, 5.41) is 10.5. The lowest BCUT2D eigenvalue weighted by Crippen LogP contribution is -2.05. The quantitative estimate of drug-likeness (QED) is 0.789. The molecule has 0 aliphatic heterocycles. The van der Waals surface area contributed by atoms with Gasteiger partial charge in [-0.1, -0.05) is 12.1 Å². The van der Waals surface area contributed by atoms with Crippen molar-refractivity contribution in [2.75, 3.05) is 0 Å². The van der Waals surface area contributed by atoms with Crippen molar-refractivity contribution in [1.82, 2.24) is 14.1 Å². The molecule has 0 amide bonds. The Morgan fingerprint density at radius 3 is 2.95 bits per heavy atom. The van der Waals surface area contributed by atoms with Crippen LogP contribution >= 0.6 is 0 Å². The highest BCUT2D eigenvalue weighted by Gasteiger charge is 2.25. The van der Waals surface area contributed by atoms with Gasteiger partial charge in [-0.2, -0.15) is 0 Å². The van der Waals surface area contributed by atoms with Crippen LogP contribution in [-0.2, 0) is 13.2 Å². The van der Waals surface area contributed by atoms with Crippen molar-refractivity contribution in [2.24, 2.45) is 0 Å². The summed E-state index contributed by atoms with van der Waals surface area (Å²) >= 11 is 0. The van der Waals surface area contributed by atoms with Gasteiger partial charge >= 0.3 is 0 Å². The molecule has 1 fully saturated rings. The third kappa shape index (κ3) is 1.84. The van der Waals surface area contributed by atoms with E-state index in [-0.39, 0.29) is 6.61 Å². The van der Waals surface area contributed by atoms with Gasteiger partial charge in [-0.3, -0.25) is 0 Å². The van der Waals surface area contributed by atoms with Crippen LogP contribution in [0.2, 0.25) is 0 Å². The third-order valence-electron chi connectivity index (χ3n) is 4.09. The second-order valence-electron chi connectivity index (χ2n) is 5.48. The van der Waals surface area contributed by atoms with Crippen LogP contribution in [0.15, 0.2) is 43.0 Å². The molecule has 20 heavy (non-hydrogen) atoms. The Balaban J connectivity index is 1.73. The van der Waals surface area contributed by atoms with Crippen molar-refractivity contribution in [1.29, 1.82) is 0 Å². The Hall–Kier alpha value is -2.07. The van der Waals surface area contributed by atoms with E-state index in [4.69, 9.17) is 0 Å². The van der Waals surface area contributed by atoms with Crippen molar-refractivity contribution in [3.05, 3.63) is 54.2 Å². The molecule has 2 aromatic heterocycles. The Morgan fingerprint density at radius 1 is 1.25 bits per heavy atom. The van der Waals surface area contributed by atoms with E-state index in [0.29, 0.717) is 6.04 Å². The molecule has 0 bridgehead atoms. The van der Waals surface area contributed by atoms with Gasteiger partial charge in [0, 0.05) is 29.3 Å². The van der Waals surface area contributed by atoms with Crippen LogP contribution in [0, 0.1) is 0 Å². The molecule has 0 radical (unpaired) electrons. The second-order valence-corrected chi connectivity index (χ2v) is 5.48. The number of aromatic nitrogens is 3. The zero-order valence-electron chi connectivity index (χ0n) is 11.2. The zero-order valence-corrected chi connectivity index (χ0v) is 11.2. The van der Waals surface area contributed by atoms with Crippen LogP contribution in [0.25, 0.3) is 10.9 Å². The average Bonchev–Trinajstić information content (AvgIpc) is 3.08. The molecule has 0 unspecified atom stereocenters. The number of aliphatic hydroxyl groups is 1. The predicted molar refractivity (Wildman–Crippen MR) is 77.5 cm³/mol. The molecule has 2 heterocycles. The van der Waals surface area contributed by atoms with Crippen LogP contribution in [0.5, 0.6) is 0 Å². The summed E-state index contributed by atoms with van der Waals surface area (Å²) in [6.07, 6.45) is 8.53. The van der Waals surface area contributed by atoms with Gasteiger partial charge in [-0.15, -0.1) is 0 Å². The number of hydrogen-bond acceptors (Lipinski definition) is 2. The largest absolute Gasteiger partial charge is 0.392 e. The fraction of sp³-hybridized carbons (Fsp3) is 0.312. The Bertz CT molecular complexity index is 752. The summed E-state index contributed by atoms with van der Waals surface area (Å²) < 4.78 is 4.52. The topological polar surface area (TPSA) is 43.0 Å². The molecule has 1 aromatic carbocycles. The second kappa shape index (κ2) is 4.49. The van der Waals surface area contributed by atoms with E-state index in [9.17, 15) is 5.11 Å². The molecule has 1 aliphatic carbocycles. The van der Waals surface area contributed by atoms with E-state index in [2.05, 4.69) is 32.4 Å². The first-order valence-electron chi connectivity index (χ1n) is 7.05.